The van der Waals surface area contributed by atoms with Crippen molar-refractivity contribution in [2.24, 2.45) is 5.92 Å². The van der Waals surface area contributed by atoms with Crippen LogP contribution in [0.15, 0.2) is 31.1 Å². The molecule has 0 spiro atoms. The highest BCUT2D eigenvalue weighted by Crippen LogP contribution is 2.31. The second kappa shape index (κ2) is 6.72. The predicted octanol–water partition coefficient (Wildman–Crippen LogP) is 1.70. The minimum atomic E-state index is -3.12. The number of pyridine rings is 1. The Bertz CT molecular complexity index is 622. The fraction of sp³-hybridized carbons (Fsp3) is 0.400. The van der Waals surface area contributed by atoms with Crippen molar-refractivity contribution in [3.05, 3.63) is 31.1 Å². The first-order chi connectivity index (χ1) is 10.8. The number of likely N-dealkylation sites (tertiary alicyclic amines) is 1. The Hall–Kier alpha value is -2.51. The van der Waals surface area contributed by atoms with Crippen LogP contribution in [-0.4, -0.2) is 47.8 Å². The topological polar surface area (TPSA) is 71.5 Å². The molecular weight excluding hydrogens is 308 g/mol. The zero-order chi connectivity index (χ0) is 17.0. The highest BCUT2D eigenvalue weighted by molar-refractivity contribution is 5.94. The van der Waals surface area contributed by atoms with Crippen LogP contribution >= 0.6 is 0 Å². The third-order valence-electron chi connectivity index (χ3n) is 3.48. The maximum Gasteiger partial charge on any atom is 0.266 e. The van der Waals surface area contributed by atoms with Gasteiger partial charge in [-0.3, -0.25) is 14.6 Å². The lowest BCUT2D eigenvalue weighted by molar-refractivity contribution is -0.145. The van der Waals surface area contributed by atoms with Gasteiger partial charge in [0, 0.05) is 19.0 Å². The van der Waals surface area contributed by atoms with E-state index in [1.165, 1.54) is 25.6 Å². The minimum absolute atomic E-state index is 0.0797. The number of hydrogen-bond donors (Lipinski definition) is 1. The number of nitrogens with one attached hydrogen (secondary N) is 1. The fourth-order valence-corrected chi connectivity index (χ4v) is 2.42. The van der Waals surface area contributed by atoms with Crippen LogP contribution in [0.5, 0.6) is 5.75 Å². The van der Waals surface area contributed by atoms with Crippen LogP contribution in [0, 0.1) is 5.92 Å². The largest absolute Gasteiger partial charge is 0.495 e. The summed E-state index contributed by atoms with van der Waals surface area (Å²) in [7, 11) is 1.45. The average molecular weight is 325 g/mol. The van der Waals surface area contributed by atoms with Crippen molar-refractivity contribution in [3.63, 3.8) is 0 Å². The van der Waals surface area contributed by atoms with Gasteiger partial charge in [0.1, 0.15) is 5.75 Å². The van der Waals surface area contributed by atoms with E-state index in [1.807, 2.05) is 0 Å². The van der Waals surface area contributed by atoms with Gasteiger partial charge in [0.15, 0.2) is 0 Å². The summed E-state index contributed by atoms with van der Waals surface area (Å²) in [5.41, 5.74) is 0.338. The molecular formula is C15H17F2N3O3. The average Bonchev–Trinajstić information content (AvgIpc) is 2.52. The number of carbonyl (C=O) groups is 2. The van der Waals surface area contributed by atoms with E-state index >= 15 is 0 Å². The molecule has 1 saturated heterocycles. The number of ether oxygens (including phenoxy) is 1. The summed E-state index contributed by atoms with van der Waals surface area (Å²) in [6.07, 6.45) is 3.18. The number of alkyl halides is 2. The molecule has 23 heavy (non-hydrogen) atoms. The molecule has 1 N–H and O–H groups in total. The molecule has 1 atom stereocenters. The summed E-state index contributed by atoms with van der Waals surface area (Å²) in [5, 5.41) is 2.52. The molecule has 2 rings (SSSR count). The van der Waals surface area contributed by atoms with E-state index in [-0.39, 0.29) is 6.54 Å². The Balaban J connectivity index is 2.10. The van der Waals surface area contributed by atoms with Gasteiger partial charge in [-0.05, 0) is 6.08 Å². The van der Waals surface area contributed by atoms with Crippen molar-refractivity contribution in [2.45, 2.75) is 12.3 Å². The predicted molar refractivity (Wildman–Crippen MR) is 79.2 cm³/mol. The number of amides is 2. The van der Waals surface area contributed by atoms with Crippen molar-refractivity contribution in [1.82, 2.24) is 9.88 Å². The second-order valence-corrected chi connectivity index (χ2v) is 5.28. The summed E-state index contributed by atoms with van der Waals surface area (Å²) in [5.74, 6) is -4.92. The van der Waals surface area contributed by atoms with Crippen molar-refractivity contribution in [2.75, 3.05) is 25.5 Å². The Morgan fingerprint density at radius 2 is 2.26 bits per heavy atom. The lowest BCUT2D eigenvalue weighted by atomic mass is 9.94. The van der Waals surface area contributed by atoms with Crippen molar-refractivity contribution < 1.29 is 23.1 Å². The molecule has 8 heteroatoms. The smallest absolute Gasteiger partial charge is 0.266 e. The molecule has 124 valence electrons. The van der Waals surface area contributed by atoms with Crippen LogP contribution in [0.2, 0.25) is 0 Å². The molecule has 1 aromatic heterocycles. The Morgan fingerprint density at radius 1 is 1.52 bits per heavy atom. The Kier molecular flexibility index (Phi) is 4.92. The normalized spacial score (nSPS) is 19.8. The van der Waals surface area contributed by atoms with Gasteiger partial charge in [-0.25, -0.2) is 8.78 Å². The Labute approximate surface area is 132 Å². The quantitative estimate of drug-likeness (QED) is 0.855. The van der Waals surface area contributed by atoms with Crippen LogP contribution in [0.4, 0.5) is 14.5 Å². The van der Waals surface area contributed by atoms with E-state index in [9.17, 15) is 18.4 Å². The van der Waals surface area contributed by atoms with Crippen LogP contribution in [-0.2, 0) is 9.59 Å². The van der Waals surface area contributed by atoms with Gasteiger partial charge in [0.05, 0.1) is 37.7 Å². The third kappa shape index (κ3) is 4.24. The molecule has 1 aliphatic rings. The summed E-state index contributed by atoms with van der Waals surface area (Å²) in [6, 6.07) is 1.53. The van der Waals surface area contributed by atoms with Gasteiger partial charge < -0.3 is 15.0 Å². The monoisotopic (exact) mass is 325 g/mol. The van der Waals surface area contributed by atoms with Gasteiger partial charge in [-0.2, -0.15) is 0 Å². The molecule has 0 radical (unpaired) electrons. The van der Waals surface area contributed by atoms with Crippen LogP contribution in [0.25, 0.3) is 0 Å². The minimum Gasteiger partial charge on any atom is -0.495 e. The van der Waals surface area contributed by atoms with Crippen LogP contribution in [0.1, 0.15) is 6.42 Å². The van der Waals surface area contributed by atoms with Gasteiger partial charge >= 0.3 is 0 Å². The van der Waals surface area contributed by atoms with Gasteiger partial charge in [0.2, 0.25) is 11.8 Å². The standard InChI is InChI=1S/C15H17F2N3O3/c1-3-13(21)20-8-10(5-15(16,17)9-20)14(22)19-11-4-12(23-2)7-18-6-11/h3-4,6-7,10H,1,5,8-9H2,2H3,(H,19,22). The molecule has 2 amide bonds. The highest BCUT2D eigenvalue weighted by atomic mass is 19.3. The summed E-state index contributed by atoms with van der Waals surface area (Å²) >= 11 is 0. The number of piperidine rings is 1. The second-order valence-electron chi connectivity index (χ2n) is 5.28. The fourth-order valence-electron chi connectivity index (χ4n) is 2.42. The molecule has 0 aromatic carbocycles. The molecule has 0 bridgehead atoms. The van der Waals surface area contributed by atoms with E-state index in [2.05, 4.69) is 16.9 Å². The molecule has 1 fully saturated rings. The molecule has 6 nitrogen and oxygen atoms in total. The lowest BCUT2D eigenvalue weighted by Crippen LogP contribution is -2.51. The molecule has 0 saturated carbocycles. The number of rotatable bonds is 4. The SMILES string of the molecule is C=CC(=O)N1CC(C(=O)Nc2cncc(OC)c2)CC(F)(F)C1. The zero-order valence-corrected chi connectivity index (χ0v) is 12.6. The first-order valence-electron chi connectivity index (χ1n) is 6.93. The van der Waals surface area contributed by atoms with Crippen molar-refractivity contribution >= 4 is 17.5 Å². The first-order valence-corrected chi connectivity index (χ1v) is 6.93. The van der Waals surface area contributed by atoms with Gasteiger partial charge in [-0.15, -0.1) is 0 Å². The number of anilines is 1. The summed E-state index contributed by atoms with van der Waals surface area (Å²) in [4.78, 5) is 28.6. The maximum atomic E-state index is 13.8. The lowest BCUT2D eigenvalue weighted by Gasteiger charge is -2.36. The number of halogens is 2. The molecule has 1 aromatic rings. The van der Waals surface area contributed by atoms with Crippen LogP contribution < -0.4 is 10.1 Å². The third-order valence-corrected chi connectivity index (χ3v) is 3.48. The first kappa shape index (κ1) is 16.9. The molecule has 1 unspecified atom stereocenters. The van der Waals surface area contributed by atoms with E-state index in [0.29, 0.717) is 11.4 Å². The number of aromatic nitrogens is 1. The molecule has 0 aliphatic carbocycles. The van der Waals surface area contributed by atoms with E-state index < -0.39 is 36.6 Å². The van der Waals surface area contributed by atoms with Gasteiger partial charge in [0.25, 0.3) is 5.92 Å². The molecule has 2 heterocycles. The molecule has 1 aliphatic heterocycles. The van der Waals surface area contributed by atoms with Crippen molar-refractivity contribution in [3.8, 4) is 5.75 Å². The van der Waals surface area contributed by atoms with E-state index in [0.717, 1.165) is 11.0 Å². The van der Waals surface area contributed by atoms with Gasteiger partial charge in [-0.1, -0.05) is 6.58 Å². The number of carbonyl (C=O) groups excluding carboxylic acids is 2. The zero-order valence-electron chi connectivity index (χ0n) is 12.6. The van der Waals surface area contributed by atoms with E-state index in [1.54, 1.807) is 0 Å². The maximum absolute atomic E-state index is 13.8. The summed E-state index contributed by atoms with van der Waals surface area (Å²) < 4.78 is 32.5. The highest BCUT2D eigenvalue weighted by Gasteiger charge is 2.44. The number of hydrogen-bond acceptors (Lipinski definition) is 4. The van der Waals surface area contributed by atoms with Crippen LogP contribution in [0.3, 0.4) is 0 Å². The Morgan fingerprint density at radius 3 is 2.91 bits per heavy atom. The summed E-state index contributed by atoms with van der Waals surface area (Å²) in [6.45, 7) is 2.50. The number of methoxy groups -OCH3 is 1. The van der Waals surface area contributed by atoms with Crippen molar-refractivity contribution in [1.29, 1.82) is 0 Å². The van der Waals surface area contributed by atoms with E-state index in [4.69, 9.17) is 4.74 Å². The number of nitrogens with zero attached hydrogens (tertiary/aromatic N) is 2.